The number of halogens is 3. The first-order chi connectivity index (χ1) is 9.88. The minimum Gasteiger partial charge on any atom is -0.274 e. The smallest absolute Gasteiger partial charge is 0.274 e. The van der Waals surface area contributed by atoms with Gasteiger partial charge in [-0.3, -0.25) is 4.79 Å². The Balaban J connectivity index is 2.42. The minimum absolute atomic E-state index is 0.109. The summed E-state index contributed by atoms with van der Waals surface area (Å²) in [6.07, 6.45) is -3.23. The van der Waals surface area contributed by atoms with E-state index in [1.807, 2.05) is 0 Å². The topological polar surface area (TPSA) is 41.5 Å². The quantitative estimate of drug-likeness (QED) is 0.678. The van der Waals surface area contributed by atoms with E-state index in [4.69, 9.17) is 0 Å². The molecule has 0 unspecified atom stereocenters. The molecule has 0 saturated carbocycles. The average Bonchev–Trinajstić information content (AvgIpc) is 2.83. The maximum atomic E-state index is 13.1. The van der Waals surface area contributed by atoms with Crippen LogP contribution >= 0.6 is 11.3 Å². The maximum absolute atomic E-state index is 13.1. The van der Waals surface area contributed by atoms with E-state index in [0.29, 0.717) is 21.8 Å². The van der Waals surface area contributed by atoms with Gasteiger partial charge >= 0.3 is 6.18 Å². The van der Waals surface area contributed by atoms with E-state index in [-0.39, 0.29) is 11.5 Å². The lowest BCUT2D eigenvalue weighted by Gasteiger charge is -2.07. The Hall–Kier alpha value is -2.15. The zero-order valence-corrected chi connectivity index (χ0v) is 11.8. The first-order valence-electron chi connectivity index (χ1n) is 5.94. The van der Waals surface area contributed by atoms with E-state index in [2.05, 4.69) is 10.5 Å². The third-order valence-electron chi connectivity index (χ3n) is 2.51. The number of thiophene rings is 1. The largest absolute Gasteiger partial charge is 0.426 e. The van der Waals surface area contributed by atoms with Crippen LogP contribution in [0, 0.1) is 0 Å². The second-order valence-corrected chi connectivity index (χ2v) is 5.27. The Bertz CT molecular complexity index is 663. The summed E-state index contributed by atoms with van der Waals surface area (Å²) in [7, 11) is 0. The summed E-state index contributed by atoms with van der Waals surface area (Å²) in [5, 5.41) is 3.59. The van der Waals surface area contributed by atoms with E-state index in [1.54, 1.807) is 30.3 Å². The predicted molar refractivity (Wildman–Crippen MR) is 76.2 cm³/mol. The van der Waals surface area contributed by atoms with Crippen LogP contribution in [0.2, 0.25) is 0 Å². The number of carbonyl (C=O) groups excluding carboxylic acids is 1. The fourth-order valence-electron chi connectivity index (χ4n) is 1.70. The first-order valence-corrected chi connectivity index (χ1v) is 6.75. The van der Waals surface area contributed by atoms with Gasteiger partial charge in [-0.2, -0.15) is 18.3 Å². The average molecular weight is 312 g/mol. The molecule has 0 radical (unpaired) electrons. The number of nitrogens with one attached hydrogen (secondary N) is 1. The standard InChI is InChI=1S/C14H11F3N2OS/c1-9(20)19-18-8-11-7-12(10-5-3-2-4-6-10)13(21-11)14(15,16)17/h2-8H,1H3,(H,19,20)/b18-8+. The second-order valence-electron chi connectivity index (χ2n) is 4.18. The fraction of sp³-hybridized carbons (Fsp3) is 0.143. The molecule has 0 aliphatic heterocycles. The molecule has 0 fully saturated rings. The predicted octanol–water partition coefficient (Wildman–Crippen LogP) is 3.90. The van der Waals surface area contributed by atoms with Gasteiger partial charge in [0.15, 0.2) is 0 Å². The molecular weight excluding hydrogens is 301 g/mol. The SMILES string of the molecule is CC(=O)N/N=C/c1cc(-c2ccccc2)c(C(F)(F)F)s1. The number of carbonyl (C=O) groups is 1. The van der Waals surface area contributed by atoms with Gasteiger partial charge in [0.25, 0.3) is 0 Å². The van der Waals surface area contributed by atoms with Crippen molar-refractivity contribution in [2.24, 2.45) is 5.10 Å². The fourth-order valence-corrected chi connectivity index (χ4v) is 2.62. The number of benzene rings is 1. The molecule has 0 spiro atoms. The van der Waals surface area contributed by atoms with Crippen molar-refractivity contribution in [1.82, 2.24) is 5.43 Å². The molecule has 2 rings (SSSR count). The molecule has 2 aromatic rings. The van der Waals surface area contributed by atoms with Crippen LogP contribution in [0.25, 0.3) is 11.1 Å². The molecule has 3 nitrogen and oxygen atoms in total. The van der Waals surface area contributed by atoms with Gasteiger partial charge in [-0.05, 0) is 11.6 Å². The lowest BCUT2D eigenvalue weighted by atomic mass is 10.1. The highest BCUT2D eigenvalue weighted by Gasteiger charge is 2.36. The maximum Gasteiger partial charge on any atom is 0.426 e. The molecule has 1 amide bonds. The highest BCUT2D eigenvalue weighted by molar-refractivity contribution is 7.14. The van der Waals surface area contributed by atoms with Crippen LogP contribution in [-0.2, 0) is 11.0 Å². The van der Waals surface area contributed by atoms with Crippen molar-refractivity contribution in [2.45, 2.75) is 13.1 Å². The third kappa shape index (κ3) is 3.91. The summed E-state index contributed by atoms with van der Waals surface area (Å²) >= 11 is 0.587. The minimum atomic E-state index is -4.43. The molecule has 0 atom stereocenters. The van der Waals surface area contributed by atoms with Gasteiger partial charge in [-0.15, -0.1) is 11.3 Å². The molecule has 7 heteroatoms. The Morgan fingerprint density at radius 2 is 1.95 bits per heavy atom. The van der Waals surface area contributed by atoms with Crippen LogP contribution in [-0.4, -0.2) is 12.1 Å². The number of alkyl halides is 3. The van der Waals surface area contributed by atoms with Crippen LogP contribution in [0.3, 0.4) is 0 Å². The molecule has 110 valence electrons. The molecular formula is C14H11F3N2OS. The molecule has 0 aliphatic rings. The van der Waals surface area contributed by atoms with Gasteiger partial charge in [0.2, 0.25) is 5.91 Å². The molecule has 1 aromatic heterocycles. The first kappa shape index (κ1) is 15.2. The lowest BCUT2D eigenvalue weighted by Crippen LogP contribution is -2.11. The molecule has 0 aliphatic carbocycles. The van der Waals surface area contributed by atoms with Gasteiger partial charge in [-0.25, -0.2) is 5.43 Å². The van der Waals surface area contributed by atoms with E-state index in [0.717, 1.165) is 0 Å². The molecule has 1 aromatic carbocycles. The highest BCUT2D eigenvalue weighted by atomic mass is 32.1. The summed E-state index contributed by atoms with van der Waals surface area (Å²) in [4.78, 5) is 10.3. The molecule has 1 heterocycles. The van der Waals surface area contributed by atoms with Gasteiger partial charge in [0.1, 0.15) is 4.88 Å². The van der Waals surface area contributed by atoms with E-state index in [9.17, 15) is 18.0 Å². The Morgan fingerprint density at radius 1 is 1.29 bits per heavy atom. The molecule has 0 bridgehead atoms. The number of hydrogen-bond acceptors (Lipinski definition) is 3. The van der Waals surface area contributed by atoms with Crippen LogP contribution in [0.1, 0.15) is 16.7 Å². The van der Waals surface area contributed by atoms with E-state index < -0.39 is 11.1 Å². The number of nitrogens with zero attached hydrogens (tertiary/aromatic N) is 1. The molecule has 0 saturated heterocycles. The van der Waals surface area contributed by atoms with Gasteiger partial charge < -0.3 is 0 Å². The van der Waals surface area contributed by atoms with Crippen molar-refractivity contribution in [1.29, 1.82) is 0 Å². The highest BCUT2D eigenvalue weighted by Crippen LogP contribution is 2.42. The monoisotopic (exact) mass is 312 g/mol. The van der Waals surface area contributed by atoms with E-state index in [1.165, 1.54) is 19.2 Å². The number of amides is 1. The zero-order valence-electron chi connectivity index (χ0n) is 10.9. The number of rotatable bonds is 3. The number of hydrogen-bond donors (Lipinski definition) is 1. The van der Waals surface area contributed by atoms with Crippen molar-refractivity contribution < 1.29 is 18.0 Å². The van der Waals surface area contributed by atoms with Crippen LogP contribution in [0.4, 0.5) is 13.2 Å². The molecule has 1 N–H and O–H groups in total. The summed E-state index contributed by atoms with van der Waals surface area (Å²) in [5.41, 5.74) is 2.75. The summed E-state index contributed by atoms with van der Waals surface area (Å²) in [5.74, 6) is -0.387. The van der Waals surface area contributed by atoms with Crippen LogP contribution in [0.5, 0.6) is 0 Å². The second kappa shape index (κ2) is 6.09. The van der Waals surface area contributed by atoms with E-state index >= 15 is 0 Å². The zero-order chi connectivity index (χ0) is 15.5. The van der Waals surface area contributed by atoms with Gasteiger partial charge in [-0.1, -0.05) is 30.3 Å². The Kier molecular flexibility index (Phi) is 4.42. The van der Waals surface area contributed by atoms with Crippen molar-refractivity contribution in [3.8, 4) is 11.1 Å². The van der Waals surface area contributed by atoms with Crippen molar-refractivity contribution in [2.75, 3.05) is 0 Å². The summed E-state index contributed by atoms with van der Waals surface area (Å²) < 4.78 is 39.3. The summed E-state index contributed by atoms with van der Waals surface area (Å²) in [6, 6.07) is 9.74. The van der Waals surface area contributed by atoms with Crippen molar-refractivity contribution in [3.05, 3.63) is 46.2 Å². The van der Waals surface area contributed by atoms with Crippen molar-refractivity contribution >= 4 is 23.5 Å². The van der Waals surface area contributed by atoms with Gasteiger partial charge in [0, 0.05) is 17.4 Å². The lowest BCUT2D eigenvalue weighted by molar-refractivity contribution is -0.133. The number of hydrazone groups is 1. The van der Waals surface area contributed by atoms with Crippen molar-refractivity contribution in [3.63, 3.8) is 0 Å². The molecule has 21 heavy (non-hydrogen) atoms. The van der Waals surface area contributed by atoms with Crippen LogP contribution in [0.15, 0.2) is 41.5 Å². The normalized spacial score (nSPS) is 11.8. The summed E-state index contributed by atoms with van der Waals surface area (Å²) in [6.45, 7) is 1.27. The third-order valence-corrected chi connectivity index (χ3v) is 3.62. The Morgan fingerprint density at radius 3 is 2.52 bits per heavy atom. The van der Waals surface area contributed by atoms with Crippen LogP contribution < -0.4 is 5.43 Å². The van der Waals surface area contributed by atoms with Gasteiger partial charge in [0.05, 0.1) is 6.21 Å². The Labute approximate surface area is 123 Å².